The maximum atomic E-state index is 5.48. The summed E-state index contributed by atoms with van der Waals surface area (Å²) in [5, 5.41) is 2.88. The first kappa shape index (κ1) is 11.6. The number of para-hydroxylation sites is 1. The van der Waals surface area contributed by atoms with Crippen LogP contribution < -0.4 is 4.74 Å². The molecule has 0 fully saturated rings. The molecule has 16 heavy (non-hydrogen) atoms. The molecule has 1 aromatic carbocycles. The third-order valence-corrected chi connectivity index (χ3v) is 3.51. The minimum atomic E-state index is 0.240. The maximum Gasteiger partial charge on any atom is 0.188 e. The van der Waals surface area contributed by atoms with Crippen LogP contribution in [-0.4, -0.2) is 18.9 Å². The van der Waals surface area contributed by atoms with Gasteiger partial charge in [0.2, 0.25) is 0 Å². The second-order valence-electron chi connectivity index (χ2n) is 3.02. The van der Waals surface area contributed by atoms with E-state index in [9.17, 15) is 0 Å². The van der Waals surface area contributed by atoms with Crippen molar-refractivity contribution in [2.75, 3.05) is 13.9 Å². The van der Waals surface area contributed by atoms with Crippen LogP contribution in [0.4, 0.5) is 0 Å². The molecule has 0 bridgehead atoms. The highest BCUT2D eigenvalue weighted by Gasteiger charge is 2.09. The van der Waals surface area contributed by atoms with Gasteiger partial charge >= 0.3 is 0 Å². The number of aromatic nitrogens is 1. The Balaban J connectivity index is 2.32. The number of halogens is 1. The van der Waals surface area contributed by atoms with Crippen molar-refractivity contribution in [3.05, 3.63) is 34.2 Å². The van der Waals surface area contributed by atoms with Crippen molar-refractivity contribution < 1.29 is 9.47 Å². The van der Waals surface area contributed by atoms with E-state index < -0.39 is 0 Å². The minimum absolute atomic E-state index is 0.240. The Hall–Kier alpha value is -0.910. The van der Waals surface area contributed by atoms with Crippen molar-refractivity contribution in [3.8, 4) is 16.3 Å². The molecule has 0 N–H and O–H groups in total. The standard InChI is InChI=1S/C11H10BrNO2S/c1-14-7-15-9-5-3-2-4-8(9)11-13-10(12)6-16-11/h2-6H,7H2,1H3. The van der Waals surface area contributed by atoms with Gasteiger partial charge < -0.3 is 9.47 Å². The predicted molar refractivity (Wildman–Crippen MR) is 67.8 cm³/mol. The first-order chi connectivity index (χ1) is 7.81. The Morgan fingerprint density at radius 2 is 2.19 bits per heavy atom. The lowest BCUT2D eigenvalue weighted by Crippen LogP contribution is -1.99. The van der Waals surface area contributed by atoms with Crippen molar-refractivity contribution in [1.29, 1.82) is 0 Å². The van der Waals surface area contributed by atoms with Gasteiger partial charge in [-0.1, -0.05) is 12.1 Å². The molecule has 1 aromatic heterocycles. The molecule has 0 aliphatic heterocycles. The number of hydrogen-bond donors (Lipinski definition) is 0. The fourth-order valence-corrected chi connectivity index (χ4v) is 2.55. The summed E-state index contributed by atoms with van der Waals surface area (Å²) in [5.41, 5.74) is 0.982. The molecule has 0 amide bonds. The number of ether oxygens (including phenoxy) is 2. The summed E-state index contributed by atoms with van der Waals surface area (Å²) in [7, 11) is 1.60. The Labute approximate surface area is 106 Å². The van der Waals surface area contributed by atoms with Gasteiger partial charge in [-0.2, -0.15) is 0 Å². The summed E-state index contributed by atoms with van der Waals surface area (Å²) in [6.07, 6.45) is 0. The molecule has 2 aromatic rings. The maximum absolute atomic E-state index is 5.48. The largest absolute Gasteiger partial charge is 0.467 e. The van der Waals surface area contributed by atoms with Crippen LogP contribution in [0.3, 0.4) is 0 Å². The van der Waals surface area contributed by atoms with Crippen molar-refractivity contribution in [3.63, 3.8) is 0 Å². The van der Waals surface area contributed by atoms with E-state index >= 15 is 0 Å². The first-order valence-corrected chi connectivity index (χ1v) is 6.30. The number of methoxy groups -OCH3 is 1. The van der Waals surface area contributed by atoms with Gasteiger partial charge in [0.05, 0.1) is 5.56 Å². The van der Waals surface area contributed by atoms with Gasteiger partial charge in [0.15, 0.2) is 6.79 Å². The molecule has 0 radical (unpaired) electrons. The number of rotatable bonds is 4. The van der Waals surface area contributed by atoms with Gasteiger partial charge in [-0.05, 0) is 28.1 Å². The molecule has 1 heterocycles. The van der Waals surface area contributed by atoms with Gasteiger partial charge in [-0.3, -0.25) is 0 Å². The van der Waals surface area contributed by atoms with Gasteiger partial charge in [-0.25, -0.2) is 4.98 Å². The van der Waals surface area contributed by atoms with E-state index in [1.165, 1.54) is 0 Å². The van der Waals surface area contributed by atoms with E-state index in [1.54, 1.807) is 18.4 Å². The van der Waals surface area contributed by atoms with E-state index in [-0.39, 0.29) is 6.79 Å². The molecular formula is C11H10BrNO2S. The van der Waals surface area contributed by atoms with Crippen LogP contribution in [0.5, 0.6) is 5.75 Å². The first-order valence-electron chi connectivity index (χ1n) is 4.63. The van der Waals surface area contributed by atoms with E-state index in [0.29, 0.717) is 0 Å². The van der Waals surface area contributed by atoms with Crippen LogP contribution >= 0.6 is 27.3 Å². The van der Waals surface area contributed by atoms with Crippen molar-refractivity contribution in [2.24, 2.45) is 0 Å². The molecule has 84 valence electrons. The molecule has 0 spiro atoms. The number of nitrogens with zero attached hydrogens (tertiary/aromatic N) is 1. The molecule has 2 rings (SSSR count). The van der Waals surface area contributed by atoms with Crippen LogP contribution in [0.25, 0.3) is 10.6 Å². The van der Waals surface area contributed by atoms with Crippen LogP contribution in [0.15, 0.2) is 34.2 Å². The lowest BCUT2D eigenvalue weighted by Gasteiger charge is -2.08. The number of thiazole rings is 1. The van der Waals surface area contributed by atoms with E-state index in [2.05, 4.69) is 20.9 Å². The van der Waals surface area contributed by atoms with Crippen molar-refractivity contribution >= 4 is 27.3 Å². The topological polar surface area (TPSA) is 31.4 Å². The van der Waals surface area contributed by atoms with E-state index in [4.69, 9.17) is 9.47 Å². The van der Waals surface area contributed by atoms with E-state index in [0.717, 1.165) is 20.9 Å². The molecule has 0 atom stereocenters. The zero-order chi connectivity index (χ0) is 11.4. The smallest absolute Gasteiger partial charge is 0.188 e. The highest BCUT2D eigenvalue weighted by molar-refractivity contribution is 9.10. The van der Waals surface area contributed by atoms with Crippen LogP contribution in [0, 0.1) is 0 Å². The number of hydrogen-bond acceptors (Lipinski definition) is 4. The average molecular weight is 300 g/mol. The summed E-state index contributed by atoms with van der Waals surface area (Å²) in [6, 6.07) is 7.78. The minimum Gasteiger partial charge on any atom is -0.467 e. The van der Waals surface area contributed by atoms with Crippen LogP contribution in [0.2, 0.25) is 0 Å². The lowest BCUT2D eigenvalue weighted by molar-refractivity contribution is 0.0515. The summed E-state index contributed by atoms with van der Waals surface area (Å²) < 4.78 is 11.2. The molecule has 0 unspecified atom stereocenters. The zero-order valence-electron chi connectivity index (χ0n) is 8.64. The van der Waals surface area contributed by atoms with Crippen LogP contribution in [0.1, 0.15) is 0 Å². The van der Waals surface area contributed by atoms with Gasteiger partial charge in [0, 0.05) is 12.5 Å². The van der Waals surface area contributed by atoms with Crippen molar-refractivity contribution in [1.82, 2.24) is 4.98 Å². The Bertz CT molecular complexity index is 473. The lowest BCUT2D eigenvalue weighted by atomic mass is 10.2. The highest BCUT2D eigenvalue weighted by atomic mass is 79.9. The monoisotopic (exact) mass is 299 g/mol. The van der Waals surface area contributed by atoms with Gasteiger partial charge in [-0.15, -0.1) is 11.3 Å². The van der Waals surface area contributed by atoms with Crippen LogP contribution in [-0.2, 0) is 4.74 Å². The second kappa shape index (κ2) is 5.43. The Morgan fingerprint density at radius 3 is 2.88 bits per heavy atom. The SMILES string of the molecule is COCOc1ccccc1-c1nc(Br)cs1. The normalized spacial score (nSPS) is 10.4. The predicted octanol–water partition coefficient (Wildman–Crippen LogP) is 3.56. The Kier molecular flexibility index (Phi) is 3.93. The average Bonchev–Trinajstić information content (AvgIpc) is 2.73. The third kappa shape index (κ3) is 2.61. The fraction of sp³-hybridized carbons (Fsp3) is 0.182. The summed E-state index contributed by atoms with van der Waals surface area (Å²) in [5.74, 6) is 0.784. The Morgan fingerprint density at radius 1 is 1.38 bits per heavy atom. The zero-order valence-corrected chi connectivity index (χ0v) is 11.0. The molecule has 0 saturated heterocycles. The molecular weight excluding hydrogens is 290 g/mol. The van der Waals surface area contributed by atoms with Crippen molar-refractivity contribution in [2.45, 2.75) is 0 Å². The quantitative estimate of drug-likeness (QED) is 0.809. The van der Waals surface area contributed by atoms with Gasteiger partial charge in [0.25, 0.3) is 0 Å². The van der Waals surface area contributed by atoms with E-state index in [1.807, 2.05) is 29.6 Å². The second-order valence-corrected chi connectivity index (χ2v) is 4.69. The van der Waals surface area contributed by atoms with Gasteiger partial charge in [0.1, 0.15) is 15.4 Å². The molecule has 0 aliphatic rings. The summed E-state index contributed by atoms with van der Waals surface area (Å²) >= 11 is 4.91. The summed E-state index contributed by atoms with van der Waals surface area (Å²) in [6.45, 7) is 0.240. The molecule has 0 saturated carbocycles. The fourth-order valence-electron chi connectivity index (χ4n) is 1.27. The molecule has 0 aliphatic carbocycles. The summed E-state index contributed by atoms with van der Waals surface area (Å²) in [4.78, 5) is 4.36. The highest BCUT2D eigenvalue weighted by Crippen LogP contribution is 2.33. The molecule has 3 nitrogen and oxygen atoms in total. The molecule has 5 heteroatoms. The number of benzene rings is 1. The third-order valence-electron chi connectivity index (χ3n) is 1.93.